The first kappa shape index (κ1) is 12.1. The van der Waals surface area contributed by atoms with Gasteiger partial charge in [-0.2, -0.15) is 0 Å². The van der Waals surface area contributed by atoms with Gasteiger partial charge in [-0.15, -0.1) is 0 Å². The summed E-state index contributed by atoms with van der Waals surface area (Å²) in [6.45, 7) is 2.18. The zero-order valence-corrected chi connectivity index (χ0v) is 12.3. The fraction of sp³-hybridized carbons (Fsp3) is 0.286. The van der Waals surface area contributed by atoms with E-state index >= 15 is 0 Å². The van der Waals surface area contributed by atoms with Crippen LogP contribution in [0.3, 0.4) is 0 Å². The first-order chi connectivity index (χ1) is 8.60. The quantitative estimate of drug-likeness (QED) is 0.754. The summed E-state index contributed by atoms with van der Waals surface area (Å²) in [5.74, 6) is 0.856. The number of rotatable bonds is 2. The normalized spacial score (nSPS) is 16.6. The highest BCUT2D eigenvalue weighted by Gasteiger charge is 2.42. The molecule has 1 heterocycles. The first-order valence-electron chi connectivity index (χ1n) is 5.89. The molecule has 0 radical (unpaired) electrons. The van der Waals surface area contributed by atoms with Crippen molar-refractivity contribution in [2.45, 2.75) is 25.2 Å². The Morgan fingerprint density at radius 1 is 1.17 bits per heavy atom. The molecule has 1 fully saturated rings. The molecule has 0 N–H and O–H groups in total. The molecule has 1 aromatic carbocycles. The maximum Gasteiger partial charge on any atom is 0.147 e. The highest BCUT2D eigenvalue weighted by molar-refractivity contribution is 9.10. The van der Waals surface area contributed by atoms with Crippen LogP contribution in [0.5, 0.6) is 0 Å². The Morgan fingerprint density at radius 2 is 1.83 bits per heavy atom. The summed E-state index contributed by atoms with van der Waals surface area (Å²) in [5, 5.41) is 0.493. The topological polar surface area (TPSA) is 25.8 Å². The number of aromatic nitrogens is 2. The van der Waals surface area contributed by atoms with E-state index < -0.39 is 0 Å². The average molecular weight is 324 g/mol. The van der Waals surface area contributed by atoms with Gasteiger partial charge in [-0.3, -0.25) is 0 Å². The van der Waals surface area contributed by atoms with Crippen LogP contribution in [0.4, 0.5) is 0 Å². The van der Waals surface area contributed by atoms with Crippen LogP contribution >= 0.6 is 27.5 Å². The van der Waals surface area contributed by atoms with E-state index in [0.29, 0.717) is 5.15 Å². The number of hydrogen-bond acceptors (Lipinski definition) is 2. The van der Waals surface area contributed by atoms with Gasteiger partial charge in [0.05, 0.1) is 10.2 Å². The Balaban J connectivity index is 2.17. The fourth-order valence-corrected chi connectivity index (χ4v) is 2.46. The fourth-order valence-electron chi connectivity index (χ4n) is 1.89. The summed E-state index contributed by atoms with van der Waals surface area (Å²) < 4.78 is 0.767. The first-order valence-corrected chi connectivity index (χ1v) is 7.06. The van der Waals surface area contributed by atoms with Gasteiger partial charge in [0.1, 0.15) is 11.0 Å². The molecule has 0 aliphatic heterocycles. The van der Waals surface area contributed by atoms with Crippen molar-refractivity contribution in [3.05, 3.63) is 45.8 Å². The minimum Gasteiger partial charge on any atom is -0.231 e. The van der Waals surface area contributed by atoms with Gasteiger partial charge in [0, 0.05) is 11.0 Å². The van der Waals surface area contributed by atoms with Crippen molar-refractivity contribution in [2.75, 3.05) is 0 Å². The molecular weight excluding hydrogens is 312 g/mol. The largest absolute Gasteiger partial charge is 0.231 e. The van der Waals surface area contributed by atoms with Crippen LogP contribution in [0.25, 0.3) is 11.3 Å². The van der Waals surface area contributed by atoms with Crippen LogP contribution in [-0.2, 0) is 5.41 Å². The molecule has 0 bridgehead atoms. The molecule has 4 heteroatoms. The number of hydrogen-bond donors (Lipinski definition) is 0. The second kappa shape index (κ2) is 4.32. The zero-order chi connectivity index (χ0) is 12.8. The van der Waals surface area contributed by atoms with Crippen molar-refractivity contribution in [2.24, 2.45) is 0 Å². The monoisotopic (exact) mass is 322 g/mol. The minimum absolute atomic E-state index is 0.119. The summed E-state index contributed by atoms with van der Waals surface area (Å²) in [7, 11) is 0. The lowest BCUT2D eigenvalue weighted by Crippen LogP contribution is -2.08. The SMILES string of the molecule is CC1(c2nc(Cl)c(Br)c(-c3ccccc3)n2)CC1. The van der Waals surface area contributed by atoms with Crippen molar-refractivity contribution in [3.63, 3.8) is 0 Å². The van der Waals surface area contributed by atoms with Gasteiger partial charge in [-0.05, 0) is 28.8 Å². The summed E-state index contributed by atoms with van der Waals surface area (Å²) in [6, 6.07) is 10.0. The second-order valence-electron chi connectivity index (χ2n) is 4.93. The molecule has 2 nitrogen and oxygen atoms in total. The Labute approximate surface area is 120 Å². The molecule has 18 heavy (non-hydrogen) atoms. The van der Waals surface area contributed by atoms with E-state index in [4.69, 9.17) is 16.6 Å². The molecule has 1 aromatic heterocycles. The molecule has 0 amide bonds. The summed E-state index contributed by atoms with van der Waals surface area (Å²) >= 11 is 9.69. The molecule has 0 saturated heterocycles. The molecule has 1 saturated carbocycles. The molecule has 92 valence electrons. The van der Waals surface area contributed by atoms with Gasteiger partial charge in [-0.1, -0.05) is 48.9 Å². The van der Waals surface area contributed by atoms with Crippen LogP contribution in [0.2, 0.25) is 5.15 Å². The molecule has 0 unspecified atom stereocenters. The van der Waals surface area contributed by atoms with E-state index in [9.17, 15) is 0 Å². The van der Waals surface area contributed by atoms with Gasteiger partial charge < -0.3 is 0 Å². The van der Waals surface area contributed by atoms with Crippen LogP contribution in [0.1, 0.15) is 25.6 Å². The Morgan fingerprint density at radius 3 is 2.44 bits per heavy atom. The van der Waals surface area contributed by atoms with Crippen LogP contribution < -0.4 is 0 Å². The Kier molecular flexibility index (Phi) is 2.91. The van der Waals surface area contributed by atoms with Gasteiger partial charge in [0.25, 0.3) is 0 Å². The molecule has 1 aliphatic carbocycles. The van der Waals surface area contributed by atoms with Gasteiger partial charge in [-0.25, -0.2) is 9.97 Å². The number of halogens is 2. The predicted molar refractivity (Wildman–Crippen MR) is 76.8 cm³/mol. The number of nitrogens with zero attached hydrogens (tertiary/aromatic N) is 2. The zero-order valence-electron chi connectivity index (χ0n) is 9.95. The summed E-state index contributed by atoms with van der Waals surface area (Å²) in [4.78, 5) is 9.09. The second-order valence-corrected chi connectivity index (χ2v) is 6.08. The molecular formula is C14H12BrClN2. The van der Waals surface area contributed by atoms with Gasteiger partial charge in [0.2, 0.25) is 0 Å². The third kappa shape index (κ3) is 2.06. The maximum absolute atomic E-state index is 6.20. The average Bonchev–Trinajstić information content (AvgIpc) is 3.13. The molecule has 1 aliphatic rings. The van der Waals surface area contributed by atoms with E-state index in [1.54, 1.807) is 0 Å². The van der Waals surface area contributed by atoms with Crippen molar-refractivity contribution in [1.82, 2.24) is 9.97 Å². The lowest BCUT2D eigenvalue weighted by Gasteiger charge is -2.12. The lowest BCUT2D eigenvalue weighted by atomic mass is 10.1. The van der Waals surface area contributed by atoms with Gasteiger partial charge in [0.15, 0.2) is 0 Å². The smallest absolute Gasteiger partial charge is 0.147 e. The lowest BCUT2D eigenvalue weighted by molar-refractivity contribution is 0.709. The van der Waals surface area contributed by atoms with Crippen LogP contribution in [-0.4, -0.2) is 9.97 Å². The van der Waals surface area contributed by atoms with Crippen LogP contribution in [0.15, 0.2) is 34.8 Å². The minimum atomic E-state index is 0.119. The third-order valence-electron chi connectivity index (χ3n) is 3.40. The van der Waals surface area contributed by atoms with Crippen molar-refractivity contribution < 1.29 is 0 Å². The van der Waals surface area contributed by atoms with Gasteiger partial charge >= 0.3 is 0 Å². The Bertz CT molecular complexity index is 594. The van der Waals surface area contributed by atoms with E-state index in [1.807, 2.05) is 30.3 Å². The van der Waals surface area contributed by atoms with Crippen molar-refractivity contribution in [1.29, 1.82) is 0 Å². The summed E-state index contributed by atoms with van der Waals surface area (Å²) in [6.07, 6.45) is 2.28. The van der Waals surface area contributed by atoms with E-state index in [0.717, 1.165) is 34.4 Å². The number of benzene rings is 1. The van der Waals surface area contributed by atoms with Crippen LogP contribution in [0, 0.1) is 0 Å². The molecule has 2 aromatic rings. The molecule has 0 atom stereocenters. The standard InChI is InChI=1S/C14H12BrClN2/c1-14(7-8-14)13-17-11(10(15)12(16)18-13)9-5-3-2-4-6-9/h2-6H,7-8H2,1H3. The van der Waals surface area contributed by atoms with Crippen molar-refractivity contribution >= 4 is 27.5 Å². The Hall–Kier alpha value is -0.930. The highest BCUT2D eigenvalue weighted by Crippen LogP contribution is 2.47. The van der Waals surface area contributed by atoms with Crippen molar-refractivity contribution in [3.8, 4) is 11.3 Å². The molecule has 0 spiro atoms. The highest BCUT2D eigenvalue weighted by atomic mass is 79.9. The van der Waals surface area contributed by atoms with E-state index in [-0.39, 0.29) is 5.41 Å². The van der Waals surface area contributed by atoms with E-state index in [1.165, 1.54) is 0 Å². The summed E-state index contributed by atoms with van der Waals surface area (Å²) in [5.41, 5.74) is 2.05. The maximum atomic E-state index is 6.20. The third-order valence-corrected chi connectivity index (χ3v) is 4.65. The van der Waals surface area contributed by atoms with E-state index in [2.05, 4.69) is 27.8 Å². The predicted octanol–water partition coefficient (Wildman–Crippen LogP) is 4.61. The molecule has 3 rings (SSSR count).